The molecule has 142 valence electrons. The third-order valence-corrected chi connectivity index (χ3v) is 7.13. The number of aryl methyl sites for hydroxylation is 3. The summed E-state index contributed by atoms with van der Waals surface area (Å²) in [7, 11) is 0. The Bertz CT molecular complexity index is 759. The molecule has 0 spiro atoms. The van der Waals surface area contributed by atoms with Crippen LogP contribution in [0.1, 0.15) is 62.7 Å². The highest BCUT2D eigenvalue weighted by Gasteiger charge is 2.26. The van der Waals surface area contributed by atoms with E-state index in [0.717, 1.165) is 38.4 Å². The molecule has 1 fully saturated rings. The predicted molar refractivity (Wildman–Crippen MR) is 112 cm³/mol. The predicted octanol–water partition coefficient (Wildman–Crippen LogP) is 4.44. The quantitative estimate of drug-likeness (QED) is 0.776. The van der Waals surface area contributed by atoms with Gasteiger partial charge in [0.25, 0.3) is 0 Å². The van der Waals surface area contributed by atoms with Crippen LogP contribution in [0.25, 0.3) is 10.2 Å². The van der Waals surface area contributed by atoms with Gasteiger partial charge in [0, 0.05) is 43.5 Å². The summed E-state index contributed by atoms with van der Waals surface area (Å²) in [5, 5.41) is 1.39. The first kappa shape index (κ1) is 18.2. The van der Waals surface area contributed by atoms with Crippen molar-refractivity contribution in [2.24, 2.45) is 0 Å². The molecule has 5 heteroatoms. The van der Waals surface area contributed by atoms with E-state index in [2.05, 4.69) is 30.6 Å². The van der Waals surface area contributed by atoms with Crippen molar-refractivity contribution in [2.75, 3.05) is 31.1 Å². The Morgan fingerprint density at radius 2 is 1.81 bits per heavy atom. The number of nitrogens with zero attached hydrogens (tertiary/aromatic N) is 4. The Kier molecular flexibility index (Phi) is 5.46. The Labute approximate surface area is 161 Å². The maximum absolute atomic E-state index is 5.12. The summed E-state index contributed by atoms with van der Waals surface area (Å²) in [5.41, 5.74) is 1.57. The smallest absolute Gasteiger partial charge is 0.141 e. The number of piperazine rings is 1. The van der Waals surface area contributed by atoms with E-state index in [9.17, 15) is 0 Å². The number of aromatic nitrogens is 2. The number of fused-ring (bicyclic) bond motifs is 3. The van der Waals surface area contributed by atoms with Crippen LogP contribution < -0.4 is 4.90 Å². The van der Waals surface area contributed by atoms with Crippen molar-refractivity contribution in [3.63, 3.8) is 0 Å². The van der Waals surface area contributed by atoms with E-state index in [0.29, 0.717) is 6.04 Å². The second-order valence-electron chi connectivity index (χ2n) is 8.07. The van der Waals surface area contributed by atoms with Gasteiger partial charge in [-0.3, -0.25) is 4.90 Å². The van der Waals surface area contributed by atoms with Crippen molar-refractivity contribution in [3.8, 4) is 0 Å². The lowest BCUT2D eigenvalue weighted by atomic mass is 9.96. The average molecular weight is 373 g/mol. The monoisotopic (exact) mass is 372 g/mol. The molecule has 0 atom stereocenters. The maximum Gasteiger partial charge on any atom is 0.141 e. The number of anilines is 1. The summed E-state index contributed by atoms with van der Waals surface area (Å²) in [5.74, 6) is 2.29. The van der Waals surface area contributed by atoms with Crippen LogP contribution in [0.2, 0.25) is 0 Å². The van der Waals surface area contributed by atoms with Crippen molar-refractivity contribution in [1.82, 2.24) is 14.9 Å². The highest BCUT2D eigenvalue weighted by Crippen LogP contribution is 2.40. The highest BCUT2D eigenvalue weighted by atomic mass is 32.1. The molecule has 26 heavy (non-hydrogen) atoms. The molecule has 0 N–H and O–H groups in total. The third kappa shape index (κ3) is 3.48. The van der Waals surface area contributed by atoms with Gasteiger partial charge >= 0.3 is 0 Å². The first-order valence-electron chi connectivity index (χ1n) is 10.5. The fraction of sp³-hybridized carbons (Fsp3) is 0.714. The van der Waals surface area contributed by atoms with E-state index in [1.54, 1.807) is 10.4 Å². The summed E-state index contributed by atoms with van der Waals surface area (Å²) in [4.78, 5) is 18.1. The van der Waals surface area contributed by atoms with Crippen LogP contribution in [0.4, 0.5) is 5.82 Å². The van der Waals surface area contributed by atoms with Crippen LogP contribution in [0, 0.1) is 0 Å². The molecule has 0 aromatic carbocycles. The number of thiophene rings is 1. The van der Waals surface area contributed by atoms with Gasteiger partial charge in [0.1, 0.15) is 16.5 Å². The minimum absolute atomic E-state index is 0.636. The van der Waals surface area contributed by atoms with Crippen molar-refractivity contribution >= 4 is 27.4 Å². The zero-order valence-corrected chi connectivity index (χ0v) is 17.4. The normalized spacial score (nSPS) is 18.7. The molecular formula is C21H32N4S. The lowest BCUT2D eigenvalue weighted by molar-refractivity contribution is 0.209. The van der Waals surface area contributed by atoms with E-state index < -0.39 is 0 Å². The standard InChI is InChI=1S/C21H32N4S/c1-4-5-10-18-22-20(25-13-11-24(12-14-25)15(2)3)19-16-8-6-7-9-17(16)26-21(19)23-18/h15H,4-14H2,1-3H3. The second kappa shape index (κ2) is 7.81. The molecule has 1 aliphatic carbocycles. The molecule has 2 aliphatic rings. The Morgan fingerprint density at radius 3 is 2.54 bits per heavy atom. The first-order valence-corrected chi connectivity index (χ1v) is 11.3. The van der Waals surface area contributed by atoms with Crippen LogP contribution in [0.15, 0.2) is 0 Å². The Balaban J connectivity index is 1.72. The molecule has 2 aromatic rings. The maximum atomic E-state index is 5.12. The number of hydrogen-bond acceptors (Lipinski definition) is 5. The summed E-state index contributed by atoms with van der Waals surface area (Å²) >= 11 is 1.94. The topological polar surface area (TPSA) is 32.3 Å². The first-order chi connectivity index (χ1) is 12.7. The number of unbranched alkanes of at least 4 members (excludes halogenated alkanes) is 1. The third-order valence-electron chi connectivity index (χ3n) is 5.94. The Hall–Kier alpha value is -1.20. The van der Waals surface area contributed by atoms with E-state index in [4.69, 9.17) is 9.97 Å². The van der Waals surface area contributed by atoms with E-state index >= 15 is 0 Å². The molecular weight excluding hydrogens is 340 g/mol. The van der Waals surface area contributed by atoms with Crippen LogP contribution in [-0.2, 0) is 19.3 Å². The Morgan fingerprint density at radius 1 is 1.04 bits per heavy atom. The molecule has 3 heterocycles. The van der Waals surface area contributed by atoms with Crippen molar-refractivity contribution in [1.29, 1.82) is 0 Å². The van der Waals surface area contributed by atoms with Crippen LogP contribution in [-0.4, -0.2) is 47.1 Å². The van der Waals surface area contributed by atoms with Gasteiger partial charge in [-0.05, 0) is 51.5 Å². The van der Waals surface area contributed by atoms with Gasteiger partial charge in [0.15, 0.2) is 0 Å². The molecule has 1 saturated heterocycles. The minimum Gasteiger partial charge on any atom is -0.353 e. The van der Waals surface area contributed by atoms with E-state index in [-0.39, 0.29) is 0 Å². The van der Waals surface area contributed by atoms with Gasteiger partial charge in [-0.15, -0.1) is 11.3 Å². The average Bonchev–Trinajstić information content (AvgIpc) is 3.04. The molecule has 2 aromatic heterocycles. The van der Waals surface area contributed by atoms with Crippen LogP contribution in [0.3, 0.4) is 0 Å². The number of rotatable bonds is 5. The van der Waals surface area contributed by atoms with Crippen LogP contribution >= 0.6 is 11.3 Å². The summed E-state index contributed by atoms with van der Waals surface area (Å²) in [6.45, 7) is 11.3. The van der Waals surface area contributed by atoms with Gasteiger partial charge in [-0.25, -0.2) is 9.97 Å². The fourth-order valence-electron chi connectivity index (χ4n) is 4.31. The minimum atomic E-state index is 0.636. The second-order valence-corrected chi connectivity index (χ2v) is 9.16. The molecule has 0 unspecified atom stereocenters. The van der Waals surface area contributed by atoms with Crippen molar-refractivity contribution < 1.29 is 0 Å². The molecule has 4 nitrogen and oxygen atoms in total. The SMILES string of the molecule is CCCCc1nc(N2CCN(C(C)C)CC2)c2c3c(sc2n1)CCCC3. The van der Waals surface area contributed by atoms with Gasteiger partial charge in [0.2, 0.25) is 0 Å². The van der Waals surface area contributed by atoms with Gasteiger partial charge in [-0.1, -0.05) is 13.3 Å². The lowest BCUT2D eigenvalue weighted by Gasteiger charge is -2.38. The zero-order chi connectivity index (χ0) is 18.1. The number of hydrogen-bond donors (Lipinski definition) is 0. The molecule has 1 aliphatic heterocycles. The fourth-order valence-corrected chi connectivity index (χ4v) is 5.58. The molecule has 0 bridgehead atoms. The molecule has 0 radical (unpaired) electrons. The van der Waals surface area contributed by atoms with E-state index in [1.807, 2.05) is 11.3 Å². The molecule has 0 saturated carbocycles. The zero-order valence-electron chi connectivity index (χ0n) is 16.6. The summed E-state index contributed by atoms with van der Waals surface area (Å²) in [6.07, 6.45) is 8.48. The highest BCUT2D eigenvalue weighted by molar-refractivity contribution is 7.19. The van der Waals surface area contributed by atoms with Gasteiger partial charge in [0.05, 0.1) is 5.39 Å². The lowest BCUT2D eigenvalue weighted by Crippen LogP contribution is -2.49. The van der Waals surface area contributed by atoms with Gasteiger partial charge < -0.3 is 4.90 Å². The summed E-state index contributed by atoms with van der Waals surface area (Å²) < 4.78 is 0. The van der Waals surface area contributed by atoms with Crippen molar-refractivity contribution in [3.05, 3.63) is 16.3 Å². The van der Waals surface area contributed by atoms with Gasteiger partial charge in [-0.2, -0.15) is 0 Å². The van der Waals surface area contributed by atoms with E-state index in [1.165, 1.54) is 54.6 Å². The van der Waals surface area contributed by atoms with Crippen molar-refractivity contribution in [2.45, 2.75) is 71.8 Å². The largest absolute Gasteiger partial charge is 0.353 e. The summed E-state index contributed by atoms with van der Waals surface area (Å²) in [6, 6.07) is 0.636. The molecule has 4 rings (SSSR count). The van der Waals surface area contributed by atoms with Crippen LogP contribution in [0.5, 0.6) is 0 Å². The molecule has 0 amide bonds.